The Morgan fingerprint density at radius 1 is 1.25 bits per heavy atom. The van der Waals surface area contributed by atoms with Crippen molar-refractivity contribution in [3.8, 4) is 0 Å². The second-order valence-corrected chi connectivity index (χ2v) is 4.66. The van der Waals surface area contributed by atoms with E-state index in [1.165, 1.54) is 51.7 Å². The van der Waals surface area contributed by atoms with Gasteiger partial charge in [-0.25, -0.2) is 9.67 Å². The summed E-state index contributed by atoms with van der Waals surface area (Å²) in [5, 5.41) is 4.23. The van der Waals surface area contributed by atoms with Crippen molar-refractivity contribution >= 4 is 0 Å². The van der Waals surface area contributed by atoms with Crippen LogP contribution in [0.5, 0.6) is 0 Å². The van der Waals surface area contributed by atoms with Crippen LogP contribution in [0.15, 0.2) is 12.7 Å². The number of piperidine rings is 1. The van der Waals surface area contributed by atoms with E-state index in [2.05, 4.69) is 21.9 Å². The lowest BCUT2D eigenvalue weighted by Gasteiger charge is -2.31. The third-order valence-electron chi connectivity index (χ3n) is 3.45. The summed E-state index contributed by atoms with van der Waals surface area (Å²) >= 11 is 0. The Morgan fingerprint density at radius 2 is 2.06 bits per heavy atom. The quantitative estimate of drug-likeness (QED) is 0.715. The van der Waals surface area contributed by atoms with Gasteiger partial charge in [-0.3, -0.25) is 0 Å². The van der Waals surface area contributed by atoms with E-state index < -0.39 is 0 Å². The summed E-state index contributed by atoms with van der Waals surface area (Å²) < 4.78 is 2.02. The zero-order valence-corrected chi connectivity index (χ0v) is 10.2. The number of hydrogen-bond donors (Lipinski definition) is 0. The van der Waals surface area contributed by atoms with Gasteiger partial charge < -0.3 is 4.90 Å². The van der Waals surface area contributed by atoms with Crippen LogP contribution >= 0.6 is 0 Å². The van der Waals surface area contributed by atoms with Gasteiger partial charge in [0.25, 0.3) is 0 Å². The van der Waals surface area contributed by atoms with E-state index in [0.29, 0.717) is 6.04 Å². The Labute approximate surface area is 97.7 Å². The van der Waals surface area contributed by atoms with E-state index in [0.717, 1.165) is 0 Å². The van der Waals surface area contributed by atoms with Crippen molar-refractivity contribution in [2.24, 2.45) is 0 Å². The van der Waals surface area contributed by atoms with E-state index in [1.54, 1.807) is 6.33 Å². The minimum Gasteiger partial charge on any atom is -0.303 e. The highest BCUT2D eigenvalue weighted by molar-refractivity contribution is 4.76. The van der Waals surface area contributed by atoms with Gasteiger partial charge in [-0.05, 0) is 25.8 Å². The van der Waals surface area contributed by atoms with Gasteiger partial charge in [-0.1, -0.05) is 19.8 Å². The standard InChI is InChI=1S/C12H22N4/c1-2-3-4-7-15-8-5-12(6-9-15)16-11-13-10-14-16/h10-12H,2-9H2,1H3. The molecule has 2 heterocycles. The smallest absolute Gasteiger partial charge is 0.137 e. The average molecular weight is 222 g/mol. The van der Waals surface area contributed by atoms with E-state index in [9.17, 15) is 0 Å². The van der Waals surface area contributed by atoms with Crippen LogP contribution in [0.1, 0.15) is 45.1 Å². The molecule has 1 saturated heterocycles. The van der Waals surface area contributed by atoms with Crippen LogP contribution in [0.2, 0.25) is 0 Å². The van der Waals surface area contributed by atoms with E-state index in [4.69, 9.17) is 0 Å². The minimum atomic E-state index is 0.574. The van der Waals surface area contributed by atoms with Gasteiger partial charge in [-0.15, -0.1) is 0 Å². The zero-order valence-electron chi connectivity index (χ0n) is 10.2. The van der Waals surface area contributed by atoms with Crippen molar-refractivity contribution < 1.29 is 0 Å². The maximum absolute atomic E-state index is 4.23. The van der Waals surface area contributed by atoms with E-state index >= 15 is 0 Å². The van der Waals surface area contributed by atoms with E-state index in [1.807, 2.05) is 11.0 Å². The highest BCUT2D eigenvalue weighted by Crippen LogP contribution is 2.21. The molecule has 0 N–H and O–H groups in total. The maximum atomic E-state index is 4.23. The third kappa shape index (κ3) is 3.04. The Hall–Kier alpha value is -0.900. The first kappa shape index (κ1) is 11.6. The van der Waals surface area contributed by atoms with Gasteiger partial charge in [-0.2, -0.15) is 5.10 Å². The molecule has 0 aliphatic carbocycles. The summed E-state index contributed by atoms with van der Waals surface area (Å²) in [6, 6.07) is 0.574. The lowest BCUT2D eigenvalue weighted by molar-refractivity contribution is 0.177. The highest BCUT2D eigenvalue weighted by atomic mass is 15.3. The second-order valence-electron chi connectivity index (χ2n) is 4.66. The molecule has 1 fully saturated rings. The zero-order chi connectivity index (χ0) is 11.2. The lowest BCUT2D eigenvalue weighted by atomic mass is 10.0. The summed E-state index contributed by atoms with van der Waals surface area (Å²) in [6.45, 7) is 5.97. The molecule has 1 aliphatic heterocycles. The summed E-state index contributed by atoms with van der Waals surface area (Å²) in [5.41, 5.74) is 0. The lowest BCUT2D eigenvalue weighted by Crippen LogP contribution is -2.35. The van der Waals surface area contributed by atoms with Gasteiger partial charge in [0.1, 0.15) is 12.7 Å². The summed E-state index contributed by atoms with van der Waals surface area (Å²) in [4.78, 5) is 6.60. The SMILES string of the molecule is CCCCCN1CCC(n2cncn2)CC1. The van der Waals surface area contributed by atoms with Crippen molar-refractivity contribution in [1.82, 2.24) is 19.7 Å². The molecule has 16 heavy (non-hydrogen) atoms. The Balaban J connectivity index is 1.70. The molecule has 0 unspecified atom stereocenters. The number of unbranched alkanes of at least 4 members (excludes halogenated alkanes) is 2. The molecular formula is C12H22N4. The third-order valence-corrected chi connectivity index (χ3v) is 3.45. The number of nitrogens with zero attached hydrogens (tertiary/aromatic N) is 4. The van der Waals surface area contributed by atoms with Crippen molar-refractivity contribution in [1.29, 1.82) is 0 Å². The maximum Gasteiger partial charge on any atom is 0.137 e. The number of aromatic nitrogens is 3. The first-order valence-corrected chi connectivity index (χ1v) is 6.46. The first-order valence-electron chi connectivity index (χ1n) is 6.46. The Bertz CT molecular complexity index is 275. The predicted molar refractivity (Wildman–Crippen MR) is 64.3 cm³/mol. The van der Waals surface area contributed by atoms with Gasteiger partial charge in [0.2, 0.25) is 0 Å². The monoisotopic (exact) mass is 222 g/mol. The fourth-order valence-corrected chi connectivity index (χ4v) is 2.40. The van der Waals surface area contributed by atoms with Gasteiger partial charge >= 0.3 is 0 Å². The molecule has 4 nitrogen and oxygen atoms in total. The molecule has 4 heteroatoms. The molecule has 2 rings (SSSR count). The van der Waals surface area contributed by atoms with Crippen LogP contribution in [0.4, 0.5) is 0 Å². The van der Waals surface area contributed by atoms with Gasteiger partial charge in [0, 0.05) is 13.1 Å². The number of likely N-dealkylation sites (tertiary alicyclic amines) is 1. The average Bonchev–Trinajstić information content (AvgIpc) is 2.84. The van der Waals surface area contributed by atoms with Crippen LogP contribution in [0.3, 0.4) is 0 Å². The first-order chi connectivity index (χ1) is 7.90. The minimum absolute atomic E-state index is 0.574. The molecule has 0 atom stereocenters. The predicted octanol–water partition coefficient (Wildman–Crippen LogP) is 2.11. The molecule has 0 spiro atoms. The molecular weight excluding hydrogens is 200 g/mol. The van der Waals surface area contributed by atoms with Crippen molar-refractivity contribution in [3.63, 3.8) is 0 Å². The van der Waals surface area contributed by atoms with Gasteiger partial charge in [0.05, 0.1) is 6.04 Å². The summed E-state index contributed by atoms with van der Waals surface area (Å²) in [7, 11) is 0. The molecule has 1 aliphatic rings. The molecule has 0 saturated carbocycles. The summed E-state index contributed by atoms with van der Waals surface area (Å²) in [5.74, 6) is 0. The molecule has 0 bridgehead atoms. The van der Waals surface area contributed by atoms with Crippen LogP contribution in [0, 0.1) is 0 Å². The van der Waals surface area contributed by atoms with Crippen molar-refractivity contribution in [3.05, 3.63) is 12.7 Å². The van der Waals surface area contributed by atoms with Gasteiger partial charge in [0.15, 0.2) is 0 Å². The highest BCUT2D eigenvalue weighted by Gasteiger charge is 2.20. The van der Waals surface area contributed by atoms with Crippen LogP contribution < -0.4 is 0 Å². The molecule has 1 aromatic heterocycles. The van der Waals surface area contributed by atoms with E-state index in [-0.39, 0.29) is 0 Å². The summed E-state index contributed by atoms with van der Waals surface area (Å²) in [6.07, 6.45) is 9.94. The number of hydrogen-bond acceptors (Lipinski definition) is 3. The molecule has 0 radical (unpaired) electrons. The molecule has 90 valence electrons. The molecule has 0 aromatic carbocycles. The number of rotatable bonds is 5. The fraction of sp³-hybridized carbons (Fsp3) is 0.833. The second kappa shape index (κ2) is 5.99. The fourth-order valence-electron chi connectivity index (χ4n) is 2.40. The van der Waals surface area contributed by atoms with Crippen molar-refractivity contribution in [2.45, 2.75) is 45.1 Å². The van der Waals surface area contributed by atoms with Crippen LogP contribution in [0.25, 0.3) is 0 Å². The molecule has 1 aromatic rings. The Kier molecular flexibility index (Phi) is 4.34. The normalized spacial score (nSPS) is 19.1. The van der Waals surface area contributed by atoms with Crippen molar-refractivity contribution in [2.75, 3.05) is 19.6 Å². The topological polar surface area (TPSA) is 34.0 Å². The molecule has 0 amide bonds. The van der Waals surface area contributed by atoms with Crippen LogP contribution in [-0.2, 0) is 0 Å². The largest absolute Gasteiger partial charge is 0.303 e. The van der Waals surface area contributed by atoms with Crippen LogP contribution in [-0.4, -0.2) is 39.3 Å². The Morgan fingerprint density at radius 3 is 2.69 bits per heavy atom.